The van der Waals surface area contributed by atoms with E-state index in [-0.39, 0.29) is 12.5 Å². The Balaban J connectivity index is 1.86. The van der Waals surface area contributed by atoms with Crippen molar-refractivity contribution in [3.8, 4) is 5.75 Å². The van der Waals surface area contributed by atoms with E-state index >= 15 is 0 Å². The topological polar surface area (TPSA) is 50.4 Å². The first kappa shape index (κ1) is 16.6. The molecule has 0 aliphatic rings. The van der Waals surface area contributed by atoms with Crippen LogP contribution in [0.25, 0.3) is 0 Å². The zero-order valence-corrected chi connectivity index (χ0v) is 13.6. The van der Waals surface area contributed by atoms with Crippen molar-refractivity contribution in [1.82, 2.24) is 0 Å². The maximum Gasteiger partial charge on any atom is 0.243 e. The van der Waals surface area contributed by atoms with Crippen LogP contribution in [0, 0.1) is 13.8 Å². The number of amides is 1. The van der Waals surface area contributed by atoms with Crippen molar-refractivity contribution in [2.24, 2.45) is 0 Å². The van der Waals surface area contributed by atoms with Gasteiger partial charge in [-0.05, 0) is 55.3 Å². The van der Waals surface area contributed by atoms with Crippen molar-refractivity contribution in [3.63, 3.8) is 0 Å². The van der Waals surface area contributed by atoms with Gasteiger partial charge in [0.2, 0.25) is 5.91 Å². The average Bonchev–Trinajstić information content (AvgIpc) is 2.55. The number of hydrogen-bond acceptors (Lipinski definition) is 3. The second-order valence-electron chi connectivity index (χ2n) is 5.34. The molecule has 0 aliphatic carbocycles. The van der Waals surface area contributed by atoms with Crippen LogP contribution in [-0.2, 0) is 4.79 Å². The van der Waals surface area contributed by atoms with Crippen LogP contribution in [0.4, 0.5) is 11.4 Å². The number of rotatable bonds is 7. The Hall–Kier alpha value is -2.75. The van der Waals surface area contributed by atoms with Crippen molar-refractivity contribution in [3.05, 3.63) is 66.2 Å². The van der Waals surface area contributed by atoms with Crippen LogP contribution in [-0.4, -0.2) is 19.1 Å². The molecule has 2 rings (SSSR count). The smallest absolute Gasteiger partial charge is 0.243 e. The summed E-state index contributed by atoms with van der Waals surface area (Å²) in [7, 11) is 0. The van der Waals surface area contributed by atoms with E-state index in [1.54, 1.807) is 6.08 Å². The zero-order valence-electron chi connectivity index (χ0n) is 13.6. The molecule has 0 atom stereocenters. The Morgan fingerprint density at radius 2 is 1.91 bits per heavy atom. The second kappa shape index (κ2) is 8.03. The summed E-state index contributed by atoms with van der Waals surface area (Å²) in [6.45, 7) is 8.27. The third-order valence-corrected chi connectivity index (χ3v) is 3.34. The zero-order chi connectivity index (χ0) is 16.7. The Labute approximate surface area is 137 Å². The number of carbonyl (C=O) groups excluding carboxylic acids is 1. The van der Waals surface area contributed by atoms with Crippen LogP contribution in [0.15, 0.2) is 55.1 Å². The lowest BCUT2D eigenvalue weighted by molar-refractivity contribution is -0.114. The Bertz CT molecular complexity index is 678. The summed E-state index contributed by atoms with van der Waals surface area (Å²) in [5, 5.41) is 6.02. The van der Waals surface area contributed by atoms with E-state index in [1.807, 2.05) is 56.3 Å². The molecule has 0 radical (unpaired) electrons. The van der Waals surface area contributed by atoms with E-state index < -0.39 is 0 Å². The molecule has 0 saturated carbocycles. The number of carbonyl (C=O) groups is 1. The van der Waals surface area contributed by atoms with Crippen LogP contribution >= 0.6 is 0 Å². The fraction of sp³-hybridized carbons (Fsp3) is 0.211. The fourth-order valence-corrected chi connectivity index (χ4v) is 2.07. The molecule has 2 aromatic rings. The van der Waals surface area contributed by atoms with E-state index in [2.05, 4.69) is 17.2 Å². The van der Waals surface area contributed by atoms with E-state index in [0.29, 0.717) is 6.61 Å². The van der Waals surface area contributed by atoms with Gasteiger partial charge < -0.3 is 15.4 Å². The van der Waals surface area contributed by atoms with Gasteiger partial charge in [0.15, 0.2) is 0 Å². The van der Waals surface area contributed by atoms with Crippen LogP contribution in [0.2, 0.25) is 0 Å². The first-order valence-corrected chi connectivity index (χ1v) is 7.53. The lowest BCUT2D eigenvalue weighted by atomic mass is 10.1. The third-order valence-electron chi connectivity index (χ3n) is 3.34. The summed E-state index contributed by atoms with van der Waals surface area (Å²) in [5.74, 6) is 0.695. The number of anilines is 2. The van der Waals surface area contributed by atoms with E-state index in [4.69, 9.17) is 4.74 Å². The van der Waals surface area contributed by atoms with Crippen molar-refractivity contribution < 1.29 is 9.53 Å². The number of benzene rings is 2. The predicted octanol–water partition coefficient (Wildman–Crippen LogP) is 3.92. The van der Waals surface area contributed by atoms with Gasteiger partial charge in [-0.2, -0.15) is 0 Å². The highest BCUT2D eigenvalue weighted by atomic mass is 16.5. The van der Waals surface area contributed by atoms with Crippen molar-refractivity contribution in [2.75, 3.05) is 23.8 Å². The first-order chi connectivity index (χ1) is 11.1. The molecule has 0 aromatic heterocycles. The Kier molecular flexibility index (Phi) is 5.80. The number of hydrogen-bond donors (Lipinski definition) is 2. The molecule has 23 heavy (non-hydrogen) atoms. The summed E-state index contributed by atoms with van der Waals surface area (Å²) < 4.78 is 5.41. The molecule has 2 aromatic carbocycles. The van der Waals surface area contributed by atoms with Gasteiger partial charge in [0.1, 0.15) is 12.4 Å². The molecule has 0 unspecified atom stereocenters. The van der Waals surface area contributed by atoms with Crippen LogP contribution < -0.4 is 15.4 Å². The van der Waals surface area contributed by atoms with Gasteiger partial charge in [0, 0.05) is 11.4 Å². The predicted molar refractivity (Wildman–Crippen MR) is 95.2 cm³/mol. The molecule has 0 heterocycles. The molecule has 4 nitrogen and oxygen atoms in total. The number of ether oxygens (including phenoxy) is 1. The van der Waals surface area contributed by atoms with Gasteiger partial charge in [0.25, 0.3) is 0 Å². The van der Waals surface area contributed by atoms with Gasteiger partial charge in [-0.25, -0.2) is 0 Å². The minimum Gasteiger partial charge on any atom is -0.490 e. The minimum atomic E-state index is -0.0781. The second-order valence-corrected chi connectivity index (χ2v) is 5.34. The highest BCUT2D eigenvalue weighted by Crippen LogP contribution is 2.17. The van der Waals surface area contributed by atoms with Crippen LogP contribution in [0.3, 0.4) is 0 Å². The monoisotopic (exact) mass is 310 g/mol. The third kappa shape index (κ3) is 5.18. The molecular formula is C19H22N2O2. The molecule has 120 valence electrons. The summed E-state index contributed by atoms with van der Waals surface area (Å²) in [5.41, 5.74) is 3.89. The fourth-order valence-electron chi connectivity index (χ4n) is 2.07. The minimum absolute atomic E-state index is 0.0781. The summed E-state index contributed by atoms with van der Waals surface area (Å²) in [6, 6.07) is 13.5. The van der Waals surface area contributed by atoms with E-state index in [0.717, 1.165) is 28.3 Å². The lowest BCUT2D eigenvalue weighted by Gasteiger charge is -2.11. The standard InChI is InChI=1S/C19H22N2O2/c1-4-11-23-17-9-7-16(8-10-17)20-13-19(22)21-18-12-14(2)5-6-15(18)3/h4-10,12,20H,1,11,13H2,2-3H3,(H,21,22). The highest BCUT2D eigenvalue weighted by molar-refractivity contribution is 5.94. The van der Waals surface area contributed by atoms with Crippen LogP contribution in [0.1, 0.15) is 11.1 Å². The SMILES string of the molecule is C=CCOc1ccc(NCC(=O)Nc2cc(C)ccc2C)cc1. The molecule has 0 spiro atoms. The van der Waals surface area contributed by atoms with Gasteiger partial charge in [-0.3, -0.25) is 4.79 Å². The lowest BCUT2D eigenvalue weighted by Crippen LogP contribution is -2.22. The van der Waals surface area contributed by atoms with E-state index in [9.17, 15) is 4.79 Å². The van der Waals surface area contributed by atoms with Gasteiger partial charge in [0.05, 0.1) is 6.54 Å². The van der Waals surface area contributed by atoms with Gasteiger partial charge in [-0.15, -0.1) is 0 Å². The molecule has 2 N–H and O–H groups in total. The summed E-state index contributed by atoms with van der Waals surface area (Å²) in [6.07, 6.45) is 1.70. The Morgan fingerprint density at radius 3 is 2.61 bits per heavy atom. The summed E-state index contributed by atoms with van der Waals surface area (Å²) >= 11 is 0. The largest absolute Gasteiger partial charge is 0.490 e. The molecule has 0 saturated heterocycles. The van der Waals surface area contributed by atoms with Gasteiger partial charge >= 0.3 is 0 Å². The number of nitrogens with one attached hydrogen (secondary N) is 2. The normalized spacial score (nSPS) is 10.0. The highest BCUT2D eigenvalue weighted by Gasteiger charge is 2.05. The van der Waals surface area contributed by atoms with Gasteiger partial charge in [-0.1, -0.05) is 24.8 Å². The molecule has 0 aliphatic heterocycles. The average molecular weight is 310 g/mol. The van der Waals surface area contributed by atoms with Crippen molar-refractivity contribution in [1.29, 1.82) is 0 Å². The maximum absolute atomic E-state index is 12.0. The molecule has 0 bridgehead atoms. The molecular weight excluding hydrogens is 288 g/mol. The number of aryl methyl sites for hydroxylation is 2. The Morgan fingerprint density at radius 1 is 1.17 bits per heavy atom. The quantitative estimate of drug-likeness (QED) is 0.762. The van der Waals surface area contributed by atoms with E-state index in [1.165, 1.54) is 0 Å². The van der Waals surface area contributed by atoms with Crippen molar-refractivity contribution in [2.45, 2.75) is 13.8 Å². The molecule has 0 fully saturated rings. The first-order valence-electron chi connectivity index (χ1n) is 7.53. The molecule has 4 heteroatoms. The maximum atomic E-state index is 12.0. The summed E-state index contributed by atoms with van der Waals surface area (Å²) in [4.78, 5) is 12.0. The van der Waals surface area contributed by atoms with Crippen molar-refractivity contribution >= 4 is 17.3 Å². The molecule has 1 amide bonds. The van der Waals surface area contributed by atoms with Crippen LogP contribution in [0.5, 0.6) is 5.75 Å².